The number of aromatic nitrogens is 2. The molecule has 2 aromatic heterocycles. The SMILES string of the molecule is Cc1cc(C(=O)NCC(CCO)CC(C)C)c(C)n1-c1nccs1. The standard InChI is InChI=1S/C18H27N3O2S/c1-12(2)9-15(5-7-22)11-20-17(23)16-10-13(3)21(14(16)4)18-19-6-8-24-18/h6,8,10,12,15,22H,5,7,9,11H2,1-4H3,(H,20,23). The van der Waals surface area contributed by atoms with Crippen molar-refractivity contribution in [3.05, 3.63) is 34.6 Å². The average molecular weight is 350 g/mol. The minimum atomic E-state index is -0.0578. The van der Waals surface area contributed by atoms with Gasteiger partial charge in [-0.3, -0.25) is 9.36 Å². The van der Waals surface area contributed by atoms with E-state index in [1.165, 1.54) is 0 Å². The Balaban J connectivity index is 2.09. The molecule has 1 unspecified atom stereocenters. The van der Waals surface area contributed by atoms with E-state index in [1.54, 1.807) is 17.5 Å². The summed E-state index contributed by atoms with van der Waals surface area (Å²) in [6, 6.07) is 1.91. The number of carbonyl (C=O) groups excluding carboxylic acids is 1. The van der Waals surface area contributed by atoms with Gasteiger partial charge in [0, 0.05) is 36.1 Å². The van der Waals surface area contributed by atoms with Crippen molar-refractivity contribution in [2.24, 2.45) is 11.8 Å². The summed E-state index contributed by atoms with van der Waals surface area (Å²) in [5.41, 5.74) is 2.60. The molecule has 2 heterocycles. The van der Waals surface area contributed by atoms with Crippen molar-refractivity contribution in [3.8, 4) is 5.13 Å². The van der Waals surface area contributed by atoms with Crippen LogP contribution < -0.4 is 5.32 Å². The molecule has 5 nitrogen and oxygen atoms in total. The van der Waals surface area contributed by atoms with E-state index in [2.05, 4.69) is 24.1 Å². The van der Waals surface area contributed by atoms with Crippen LogP contribution in [-0.4, -0.2) is 33.7 Å². The van der Waals surface area contributed by atoms with Crippen molar-refractivity contribution in [3.63, 3.8) is 0 Å². The Labute approximate surface area is 147 Å². The van der Waals surface area contributed by atoms with E-state index < -0.39 is 0 Å². The van der Waals surface area contributed by atoms with E-state index in [0.29, 0.717) is 23.9 Å². The zero-order chi connectivity index (χ0) is 17.7. The smallest absolute Gasteiger partial charge is 0.253 e. The largest absolute Gasteiger partial charge is 0.396 e. The van der Waals surface area contributed by atoms with Crippen LogP contribution in [0.5, 0.6) is 0 Å². The van der Waals surface area contributed by atoms with E-state index >= 15 is 0 Å². The van der Waals surface area contributed by atoms with Gasteiger partial charge >= 0.3 is 0 Å². The molecule has 0 fully saturated rings. The Morgan fingerprint density at radius 3 is 2.75 bits per heavy atom. The minimum Gasteiger partial charge on any atom is -0.396 e. The van der Waals surface area contributed by atoms with Gasteiger partial charge in [-0.05, 0) is 44.6 Å². The second kappa shape index (κ2) is 8.44. The van der Waals surface area contributed by atoms with Crippen LogP contribution in [0.3, 0.4) is 0 Å². The molecule has 2 N–H and O–H groups in total. The fourth-order valence-electron chi connectivity index (χ4n) is 3.10. The van der Waals surface area contributed by atoms with Crippen LogP contribution in [0.25, 0.3) is 5.13 Å². The van der Waals surface area contributed by atoms with Crippen molar-refractivity contribution in [2.45, 2.75) is 40.5 Å². The molecule has 0 aliphatic heterocycles. The molecule has 0 saturated heterocycles. The summed E-state index contributed by atoms with van der Waals surface area (Å²) >= 11 is 1.55. The highest BCUT2D eigenvalue weighted by Gasteiger charge is 2.19. The van der Waals surface area contributed by atoms with E-state index in [4.69, 9.17) is 0 Å². The second-order valence-electron chi connectivity index (χ2n) is 6.65. The quantitative estimate of drug-likeness (QED) is 0.768. The molecule has 132 valence electrons. The Morgan fingerprint density at radius 1 is 1.42 bits per heavy atom. The molecule has 0 radical (unpaired) electrons. The molecule has 0 saturated carbocycles. The summed E-state index contributed by atoms with van der Waals surface area (Å²) in [5.74, 6) is 0.799. The van der Waals surface area contributed by atoms with Crippen molar-refractivity contribution in [2.75, 3.05) is 13.2 Å². The molecule has 0 spiro atoms. The lowest BCUT2D eigenvalue weighted by atomic mass is 9.94. The van der Waals surface area contributed by atoms with Gasteiger partial charge in [0.15, 0.2) is 5.13 Å². The van der Waals surface area contributed by atoms with Gasteiger partial charge in [0.1, 0.15) is 0 Å². The van der Waals surface area contributed by atoms with Gasteiger partial charge in [0.25, 0.3) is 5.91 Å². The first-order chi connectivity index (χ1) is 11.4. The maximum absolute atomic E-state index is 12.6. The lowest BCUT2D eigenvalue weighted by Crippen LogP contribution is -2.30. The highest BCUT2D eigenvalue weighted by molar-refractivity contribution is 7.12. The molecule has 1 amide bonds. The van der Waals surface area contributed by atoms with Crippen LogP contribution in [0.1, 0.15) is 48.4 Å². The summed E-state index contributed by atoms with van der Waals surface area (Å²) in [7, 11) is 0. The van der Waals surface area contributed by atoms with E-state index in [9.17, 15) is 9.90 Å². The highest BCUT2D eigenvalue weighted by Crippen LogP contribution is 2.22. The number of carbonyl (C=O) groups is 1. The maximum atomic E-state index is 12.6. The molecular formula is C18H27N3O2S. The predicted octanol–water partition coefficient (Wildman–Crippen LogP) is 3.33. The average Bonchev–Trinajstić information content (AvgIpc) is 3.12. The van der Waals surface area contributed by atoms with Gasteiger partial charge < -0.3 is 10.4 Å². The fourth-order valence-corrected chi connectivity index (χ4v) is 3.85. The first-order valence-corrected chi connectivity index (χ1v) is 9.29. The maximum Gasteiger partial charge on any atom is 0.253 e. The number of hydrogen-bond donors (Lipinski definition) is 2. The summed E-state index contributed by atoms with van der Waals surface area (Å²) in [6.45, 7) is 9.01. The summed E-state index contributed by atoms with van der Waals surface area (Å²) in [6.07, 6.45) is 3.49. The number of aliphatic hydroxyl groups excluding tert-OH is 1. The van der Waals surface area contributed by atoms with Crippen molar-refractivity contribution < 1.29 is 9.90 Å². The van der Waals surface area contributed by atoms with Gasteiger partial charge in [-0.2, -0.15) is 0 Å². The molecule has 2 rings (SSSR count). The van der Waals surface area contributed by atoms with E-state index in [1.807, 2.05) is 29.9 Å². The summed E-state index contributed by atoms with van der Waals surface area (Å²) in [5, 5.41) is 15.0. The molecular weight excluding hydrogens is 322 g/mol. The van der Waals surface area contributed by atoms with Gasteiger partial charge in [0.2, 0.25) is 0 Å². The fraction of sp³-hybridized carbons (Fsp3) is 0.556. The molecule has 0 bridgehead atoms. The van der Waals surface area contributed by atoms with E-state index in [0.717, 1.165) is 29.4 Å². The number of nitrogens with zero attached hydrogens (tertiary/aromatic N) is 2. The van der Waals surface area contributed by atoms with Gasteiger partial charge in [-0.15, -0.1) is 11.3 Å². The molecule has 24 heavy (non-hydrogen) atoms. The van der Waals surface area contributed by atoms with E-state index in [-0.39, 0.29) is 12.5 Å². The number of amides is 1. The molecule has 1 atom stereocenters. The Morgan fingerprint density at radius 2 is 2.17 bits per heavy atom. The minimum absolute atomic E-state index is 0.0578. The Kier molecular flexibility index (Phi) is 6.57. The second-order valence-corrected chi connectivity index (χ2v) is 7.53. The highest BCUT2D eigenvalue weighted by atomic mass is 32.1. The van der Waals surface area contributed by atoms with Crippen LogP contribution in [0.4, 0.5) is 0 Å². The Bertz CT molecular complexity index is 662. The van der Waals surface area contributed by atoms with Crippen molar-refractivity contribution in [1.82, 2.24) is 14.9 Å². The lowest BCUT2D eigenvalue weighted by molar-refractivity contribution is 0.0940. The van der Waals surface area contributed by atoms with Crippen LogP contribution in [0.2, 0.25) is 0 Å². The molecule has 6 heteroatoms. The van der Waals surface area contributed by atoms with Gasteiger partial charge in [-0.1, -0.05) is 13.8 Å². The van der Waals surface area contributed by atoms with Gasteiger partial charge in [0.05, 0.1) is 5.56 Å². The van der Waals surface area contributed by atoms with Crippen LogP contribution >= 0.6 is 11.3 Å². The normalized spacial score (nSPS) is 12.6. The van der Waals surface area contributed by atoms with Crippen LogP contribution in [-0.2, 0) is 0 Å². The number of nitrogens with one attached hydrogen (secondary N) is 1. The summed E-state index contributed by atoms with van der Waals surface area (Å²) < 4.78 is 2.01. The third kappa shape index (κ3) is 4.45. The molecule has 2 aromatic rings. The first-order valence-electron chi connectivity index (χ1n) is 8.41. The third-order valence-corrected chi connectivity index (χ3v) is 4.94. The number of aliphatic hydroxyl groups is 1. The van der Waals surface area contributed by atoms with Crippen LogP contribution in [0.15, 0.2) is 17.6 Å². The van der Waals surface area contributed by atoms with Crippen LogP contribution in [0, 0.1) is 25.7 Å². The zero-order valence-electron chi connectivity index (χ0n) is 14.9. The number of hydrogen-bond acceptors (Lipinski definition) is 4. The molecule has 0 aliphatic rings. The number of thiazole rings is 1. The van der Waals surface area contributed by atoms with Crippen molar-refractivity contribution in [1.29, 1.82) is 0 Å². The van der Waals surface area contributed by atoms with Crippen molar-refractivity contribution >= 4 is 17.2 Å². The number of aryl methyl sites for hydroxylation is 1. The molecule has 0 aliphatic carbocycles. The topological polar surface area (TPSA) is 67.2 Å². The number of rotatable bonds is 8. The molecule has 0 aromatic carbocycles. The monoisotopic (exact) mass is 349 g/mol. The summed E-state index contributed by atoms with van der Waals surface area (Å²) in [4.78, 5) is 16.9. The third-order valence-electron chi connectivity index (χ3n) is 4.18. The predicted molar refractivity (Wildman–Crippen MR) is 97.9 cm³/mol. The first kappa shape index (κ1) is 18.7. The van der Waals surface area contributed by atoms with Gasteiger partial charge in [-0.25, -0.2) is 4.98 Å². The zero-order valence-corrected chi connectivity index (χ0v) is 15.7. The Hall–Kier alpha value is -1.66. The lowest BCUT2D eigenvalue weighted by Gasteiger charge is -2.18.